The zero-order valence-electron chi connectivity index (χ0n) is 11.0. The van der Waals surface area contributed by atoms with Crippen LogP contribution in [0.4, 0.5) is 5.82 Å². The Balaban J connectivity index is 2.32. The molecule has 7 heteroatoms. The second-order valence-electron chi connectivity index (χ2n) is 5.39. The van der Waals surface area contributed by atoms with Crippen molar-refractivity contribution >= 4 is 5.82 Å². The van der Waals surface area contributed by atoms with Crippen LogP contribution in [0, 0.1) is 5.41 Å². The lowest BCUT2D eigenvalue weighted by Gasteiger charge is -2.49. The van der Waals surface area contributed by atoms with Gasteiger partial charge >= 0.3 is 5.69 Å². The second kappa shape index (κ2) is 3.94. The van der Waals surface area contributed by atoms with E-state index in [-0.39, 0.29) is 23.4 Å². The molecule has 0 amide bonds. The van der Waals surface area contributed by atoms with Gasteiger partial charge in [0.25, 0.3) is 5.56 Å². The topological polar surface area (TPSA) is 89.2 Å². The number of nitrogens with one attached hydrogen (secondary N) is 1. The van der Waals surface area contributed by atoms with Gasteiger partial charge in [-0.15, -0.1) is 5.10 Å². The van der Waals surface area contributed by atoms with Gasteiger partial charge in [-0.3, -0.25) is 9.36 Å². The summed E-state index contributed by atoms with van der Waals surface area (Å²) in [6.45, 7) is 3.84. The van der Waals surface area contributed by atoms with Gasteiger partial charge in [0.15, 0.2) is 0 Å². The fraction of sp³-hybridized carbons (Fsp3) is 0.727. The molecule has 1 fully saturated rings. The summed E-state index contributed by atoms with van der Waals surface area (Å²) < 4.78 is 2.13. The van der Waals surface area contributed by atoms with Crippen molar-refractivity contribution in [3.05, 3.63) is 20.8 Å². The molecule has 100 valence electrons. The van der Waals surface area contributed by atoms with Crippen molar-refractivity contribution in [2.45, 2.75) is 32.4 Å². The molecule has 2 unspecified atom stereocenters. The first-order chi connectivity index (χ1) is 8.25. The van der Waals surface area contributed by atoms with Crippen LogP contribution in [-0.2, 0) is 14.1 Å². The van der Waals surface area contributed by atoms with Gasteiger partial charge in [0.2, 0.25) is 5.82 Å². The lowest BCUT2D eigenvalue weighted by atomic mass is 9.64. The molecule has 7 nitrogen and oxygen atoms in total. The minimum Gasteiger partial charge on any atom is -0.392 e. The fourth-order valence-corrected chi connectivity index (χ4v) is 2.10. The highest BCUT2D eigenvalue weighted by molar-refractivity contribution is 5.34. The summed E-state index contributed by atoms with van der Waals surface area (Å²) in [5.74, 6) is 0.143. The molecule has 1 aromatic rings. The predicted octanol–water partition coefficient (Wildman–Crippen LogP) is -0.950. The van der Waals surface area contributed by atoms with Crippen LogP contribution in [0.3, 0.4) is 0 Å². The van der Waals surface area contributed by atoms with Crippen LogP contribution in [0.15, 0.2) is 9.59 Å². The van der Waals surface area contributed by atoms with Crippen LogP contribution >= 0.6 is 0 Å². The standard InChI is InChI=1S/C11H18N4O3/c1-11(2)6(5-7(11)16)12-8-9(17)14(3)10(18)15(4)13-8/h6-7,16H,5H2,1-4H3,(H,12,13). The van der Waals surface area contributed by atoms with E-state index in [0.717, 1.165) is 9.25 Å². The van der Waals surface area contributed by atoms with Crippen LogP contribution in [0.25, 0.3) is 0 Å². The summed E-state index contributed by atoms with van der Waals surface area (Å²) in [6.07, 6.45) is 0.187. The van der Waals surface area contributed by atoms with Gasteiger partial charge in [0, 0.05) is 25.6 Å². The smallest absolute Gasteiger partial charge is 0.346 e. The molecule has 1 aromatic heterocycles. The average Bonchev–Trinajstić information content (AvgIpc) is 2.32. The van der Waals surface area contributed by atoms with E-state index >= 15 is 0 Å². The number of aliphatic hydroxyl groups excluding tert-OH is 1. The van der Waals surface area contributed by atoms with Crippen molar-refractivity contribution in [2.75, 3.05) is 5.32 Å². The first-order valence-electron chi connectivity index (χ1n) is 5.84. The van der Waals surface area contributed by atoms with Crippen LogP contribution in [0.5, 0.6) is 0 Å². The van der Waals surface area contributed by atoms with E-state index in [1.54, 1.807) is 0 Å². The number of hydrogen-bond acceptors (Lipinski definition) is 5. The molecule has 0 bridgehead atoms. The zero-order chi connectivity index (χ0) is 13.7. The summed E-state index contributed by atoms with van der Waals surface area (Å²) in [4.78, 5) is 23.4. The van der Waals surface area contributed by atoms with Crippen molar-refractivity contribution in [1.29, 1.82) is 0 Å². The van der Waals surface area contributed by atoms with Crippen molar-refractivity contribution in [3.63, 3.8) is 0 Å². The van der Waals surface area contributed by atoms with E-state index in [2.05, 4.69) is 10.4 Å². The van der Waals surface area contributed by atoms with Gasteiger partial charge in [-0.1, -0.05) is 13.8 Å². The third kappa shape index (κ3) is 1.74. The molecule has 0 aliphatic heterocycles. The quantitative estimate of drug-likeness (QED) is 0.710. The number of aliphatic hydroxyl groups is 1. The van der Waals surface area contributed by atoms with Gasteiger partial charge in [-0.05, 0) is 6.42 Å². The third-order valence-electron chi connectivity index (χ3n) is 3.85. The Hall–Kier alpha value is -1.63. The van der Waals surface area contributed by atoms with Crippen LogP contribution in [0.1, 0.15) is 20.3 Å². The van der Waals surface area contributed by atoms with Crippen molar-refractivity contribution in [3.8, 4) is 0 Å². The number of aromatic nitrogens is 3. The molecule has 18 heavy (non-hydrogen) atoms. The van der Waals surface area contributed by atoms with Gasteiger partial charge < -0.3 is 10.4 Å². The molecule has 0 spiro atoms. The molecule has 0 saturated heterocycles. The Morgan fingerprint density at radius 3 is 2.50 bits per heavy atom. The van der Waals surface area contributed by atoms with Gasteiger partial charge in [0.1, 0.15) is 0 Å². The molecule has 1 saturated carbocycles. The Morgan fingerprint density at radius 1 is 1.39 bits per heavy atom. The van der Waals surface area contributed by atoms with Crippen LogP contribution in [0.2, 0.25) is 0 Å². The molecule has 2 rings (SSSR count). The summed E-state index contributed by atoms with van der Waals surface area (Å²) in [7, 11) is 2.91. The Bertz CT molecular complexity index is 587. The number of aryl methyl sites for hydroxylation is 1. The maximum absolute atomic E-state index is 11.9. The van der Waals surface area contributed by atoms with Gasteiger partial charge in [0.05, 0.1) is 6.10 Å². The monoisotopic (exact) mass is 254 g/mol. The highest BCUT2D eigenvalue weighted by Gasteiger charge is 2.47. The summed E-state index contributed by atoms with van der Waals surface area (Å²) >= 11 is 0. The Labute approximate surface area is 104 Å². The minimum atomic E-state index is -0.460. The van der Waals surface area contributed by atoms with Crippen LogP contribution in [-0.4, -0.2) is 31.6 Å². The van der Waals surface area contributed by atoms with E-state index in [4.69, 9.17) is 0 Å². The normalized spacial score (nSPS) is 25.6. The first-order valence-corrected chi connectivity index (χ1v) is 5.84. The summed E-state index contributed by atoms with van der Waals surface area (Å²) in [5.41, 5.74) is -1.21. The molecule has 2 atom stereocenters. The Morgan fingerprint density at radius 2 is 2.00 bits per heavy atom. The molecular weight excluding hydrogens is 236 g/mol. The fourth-order valence-electron chi connectivity index (χ4n) is 2.10. The molecule has 0 aromatic carbocycles. The Kier molecular flexibility index (Phi) is 2.81. The highest BCUT2D eigenvalue weighted by atomic mass is 16.3. The molecule has 2 N–H and O–H groups in total. The SMILES string of the molecule is Cn1nc(NC2CC(O)C2(C)C)c(=O)n(C)c1=O. The largest absolute Gasteiger partial charge is 0.392 e. The van der Waals surface area contributed by atoms with Gasteiger partial charge in [-0.2, -0.15) is 0 Å². The van der Waals surface area contributed by atoms with Crippen molar-refractivity contribution in [2.24, 2.45) is 19.5 Å². The van der Waals surface area contributed by atoms with E-state index in [0.29, 0.717) is 6.42 Å². The molecule has 0 radical (unpaired) electrons. The second-order valence-corrected chi connectivity index (χ2v) is 5.39. The summed E-state index contributed by atoms with van der Waals surface area (Å²) in [6, 6.07) is -0.0230. The number of nitrogens with zero attached hydrogens (tertiary/aromatic N) is 3. The number of hydrogen-bond donors (Lipinski definition) is 2. The third-order valence-corrected chi connectivity index (χ3v) is 3.85. The number of rotatable bonds is 2. The maximum atomic E-state index is 11.9. The van der Waals surface area contributed by atoms with E-state index in [9.17, 15) is 14.7 Å². The summed E-state index contributed by atoms with van der Waals surface area (Å²) in [5, 5.41) is 16.6. The van der Waals surface area contributed by atoms with Gasteiger partial charge in [-0.25, -0.2) is 9.48 Å². The van der Waals surface area contributed by atoms with Crippen molar-refractivity contribution in [1.82, 2.24) is 14.3 Å². The predicted molar refractivity (Wildman–Crippen MR) is 66.5 cm³/mol. The number of anilines is 1. The van der Waals surface area contributed by atoms with E-state index in [1.807, 2.05) is 13.8 Å². The molecule has 1 heterocycles. The molecule has 1 aliphatic carbocycles. The van der Waals surface area contributed by atoms with Crippen LogP contribution < -0.4 is 16.6 Å². The minimum absolute atomic E-state index is 0.0230. The first kappa shape index (κ1) is 12.8. The van der Waals surface area contributed by atoms with E-state index < -0.39 is 11.2 Å². The lowest BCUT2D eigenvalue weighted by molar-refractivity contribution is -0.0512. The average molecular weight is 254 g/mol. The lowest BCUT2D eigenvalue weighted by Crippen LogP contribution is -2.58. The maximum Gasteiger partial charge on any atom is 0.346 e. The molecule has 1 aliphatic rings. The molecular formula is C11H18N4O3. The highest BCUT2D eigenvalue weighted by Crippen LogP contribution is 2.41. The zero-order valence-corrected chi connectivity index (χ0v) is 11.0. The van der Waals surface area contributed by atoms with E-state index in [1.165, 1.54) is 14.1 Å². The van der Waals surface area contributed by atoms with Crippen molar-refractivity contribution < 1.29 is 5.11 Å².